The molecule has 0 radical (unpaired) electrons. The highest BCUT2D eigenvalue weighted by molar-refractivity contribution is 5.97. The minimum Gasteiger partial charge on any atom is -0.338 e. The molecule has 0 saturated heterocycles. The fourth-order valence-electron chi connectivity index (χ4n) is 4.22. The molecule has 5 rings (SSSR count). The molecule has 31 heavy (non-hydrogen) atoms. The van der Waals surface area contributed by atoms with Gasteiger partial charge in [-0.25, -0.2) is 4.98 Å². The fraction of sp³-hybridized carbons (Fsp3) is 0.400. The van der Waals surface area contributed by atoms with E-state index in [0.29, 0.717) is 0 Å². The van der Waals surface area contributed by atoms with Crippen LogP contribution >= 0.6 is 0 Å². The molecule has 3 aromatic rings. The Morgan fingerprint density at radius 1 is 0.871 bits per heavy atom. The molecule has 2 unspecified atom stereocenters. The van der Waals surface area contributed by atoms with Crippen LogP contribution in [0.25, 0.3) is 22.4 Å². The first-order chi connectivity index (χ1) is 14.6. The number of benzene rings is 2. The number of aromatic nitrogens is 2. The van der Waals surface area contributed by atoms with Gasteiger partial charge in [-0.05, 0) is 66.1 Å². The zero-order valence-electron chi connectivity index (χ0n) is 18.4. The molecule has 2 aliphatic rings. The smallest absolute Gasteiger partial charge is 0.228 e. The number of H-pyrrole nitrogens is 1. The standard InChI is InChI=1S/C25H28N4O2/c1-24(2)12-17(24)22(30)26-15-7-5-14(6-8-15)21-28-19-10-9-16(11-20(19)29-21)27-23(31)18-13-25(18,3)4/h5-11,17-18H,12-13H2,1-4H3,(H,26,30)(H,27,31)(H,28,29). The number of amides is 2. The highest BCUT2D eigenvalue weighted by Crippen LogP contribution is 2.52. The Morgan fingerprint density at radius 3 is 1.94 bits per heavy atom. The molecule has 0 spiro atoms. The normalized spacial score (nSPS) is 22.7. The van der Waals surface area contributed by atoms with E-state index in [9.17, 15) is 9.59 Å². The lowest BCUT2D eigenvalue weighted by Gasteiger charge is -2.07. The summed E-state index contributed by atoms with van der Waals surface area (Å²) in [6, 6.07) is 13.4. The van der Waals surface area contributed by atoms with Crippen molar-refractivity contribution in [1.82, 2.24) is 9.97 Å². The second-order valence-corrected chi connectivity index (χ2v) is 10.4. The first-order valence-electron chi connectivity index (χ1n) is 10.8. The molecule has 160 valence electrons. The van der Waals surface area contributed by atoms with Gasteiger partial charge in [-0.1, -0.05) is 27.7 Å². The second-order valence-electron chi connectivity index (χ2n) is 10.4. The van der Waals surface area contributed by atoms with Gasteiger partial charge in [0.2, 0.25) is 11.8 Å². The highest BCUT2D eigenvalue weighted by Gasteiger charge is 2.51. The van der Waals surface area contributed by atoms with E-state index in [2.05, 4.69) is 48.3 Å². The summed E-state index contributed by atoms with van der Waals surface area (Å²) in [7, 11) is 0. The molecule has 1 heterocycles. The Labute approximate surface area is 181 Å². The van der Waals surface area contributed by atoms with E-state index in [1.807, 2.05) is 42.5 Å². The van der Waals surface area contributed by atoms with Crippen LogP contribution in [0.5, 0.6) is 0 Å². The second kappa shape index (κ2) is 6.67. The minimum atomic E-state index is 0.0799. The predicted octanol–water partition coefficient (Wildman–Crippen LogP) is 5.20. The monoisotopic (exact) mass is 416 g/mol. The molecule has 6 heteroatoms. The van der Waals surface area contributed by atoms with Crippen molar-refractivity contribution in [2.24, 2.45) is 22.7 Å². The molecule has 0 bridgehead atoms. The van der Waals surface area contributed by atoms with Crippen LogP contribution in [0.2, 0.25) is 0 Å². The van der Waals surface area contributed by atoms with Crippen LogP contribution < -0.4 is 10.6 Å². The minimum absolute atomic E-state index is 0.0799. The first kappa shape index (κ1) is 19.8. The van der Waals surface area contributed by atoms with Crippen molar-refractivity contribution in [1.29, 1.82) is 0 Å². The maximum atomic E-state index is 12.4. The molecule has 2 atom stereocenters. The summed E-state index contributed by atoms with van der Waals surface area (Å²) < 4.78 is 0. The van der Waals surface area contributed by atoms with Gasteiger partial charge < -0.3 is 15.6 Å². The van der Waals surface area contributed by atoms with Crippen LogP contribution in [0, 0.1) is 22.7 Å². The van der Waals surface area contributed by atoms with E-state index in [0.717, 1.165) is 46.6 Å². The summed E-state index contributed by atoms with van der Waals surface area (Å²) in [6.45, 7) is 8.47. The van der Waals surface area contributed by atoms with Crippen LogP contribution in [0.15, 0.2) is 42.5 Å². The zero-order valence-corrected chi connectivity index (χ0v) is 18.4. The molecule has 3 N–H and O–H groups in total. The van der Waals surface area contributed by atoms with Crippen LogP contribution in [0.4, 0.5) is 11.4 Å². The van der Waals surface area contributed by atoms with E-state index in [-0.39, 0.29) is 34.5 Å². The lowest BCUT2D eigenvalue weighted by atomic mass is 10.1. The van der Waals surface area contributed by atoms with E-state index < -0.39 is 0 Å². The molecule has 0 aliphatic heterocycles. The van der Waals surface area contributed by atoms with Crippen molar-refractivity contribution in [2.75, 3.05) is 10.6 Å². The Bertz CT molecular complexity index is 1190. The van der Waals surface area contributed by atoms with E-state index in [4.69, 9.17) is 0 Å². The zero-order chi connectivity index (χ0) is 22.0. The number of imidazole rings is 1. The van der Waals surface area contributed by atoms with Gasteiger partial charge in [0.05, 0.1) is 11.0 Å². The average Bonchev–Trinajstić information content (AvgIpc) is 3.48. The van der Waals surface area contributed by atoms with Gasteiger partial charge in [0.25, 0.3) is 0 Å². The first-order valence-corrected chi connectivity index (χ1v) is 10.8. The molecule has 1 aromatic heterocycles. The van der Waals surface area contributed by atoms with Crippen molar-refractivity contribution < 1.29 is 9.59 Å². The number of anilines is 2. The molecule has 2 aromatic carbocycles. The van der Waals surface area contributed by atoms with Gasteiger partial charge in [0.15, 0.2) is 0 Å². The summed E-state index contributed by atoms with van der Waals surface area (Å²) in [5.74, 6) is 1.11. The number of aromatic amines is 1. The maximum Gasteiger partial charge on any atom is 0.228 e. The van der Waals surface area contributed by atoms with Crippen LogP contribution in [0.1, 0.15) is 40.5 Å². The summed E-state index contributed by atoms with van der Waals surface area (Å²) in [5, 5.41) is 6.02. The van der Waals surface area contributed by atoms with E-state index >= 15 is 0 Å². The number of fused-ring (bicyclic) bond motifs is 1. The highest BCUT2D eigenvalue weighted by atomic mass is 16.2. The maximum absolute atomic E-state index is 12.4. The van der Waals surface area contributed by atoms with Crippen LogP contribution in [0.3, 0.4) is 0 Å². The molecule has 2 saturated carbocycles. The molecular formula is C25H28N4O2. The summed E-state index contributed by atoms with van der Waals surface area (Å²) in [4.78, 5) is 32.7. The van der Waals surface area contributed by atoms with Crippen molar-refractivity contribution in [3.63, 3.8) is 0 Å². The Kier molecular flexibility index (Phi) is 4.26. The number of nitrogens with one attached hydrogen (secondary N) is 3. The molecular weight excluding hydrogens is 388 g/mol. The van der Waals surface area contributed by atoms with Crippen molar-refractivity contribution >= 4 is 34.2 Å². The molecule has 2 amide bonds. The van der Waals surface area contributed by atoms with Crippen LogP contribution in [-0.4, -0.2) is 21.8 Å². The lowest BCUT2D eigenvalue weighted by Crippen LogP contribution is -2.16. The van der Waals surface area contributed by atoms with Gasteiger partial charge in [-0.2, -0.15) is 0 Å². The largest absolute Gasteiger partial charge is 0.338 e. The number of rotatable bonds is 5. The summed E-state index contributed by atoms with van der Waals surface area (Å²) in [6.07, 6.45) is 1.88. The number of nitrogens with zero attached hydrogens (tertiary/aromatic N) is 1. The molecule has 2 fully saturated rings. The third-order valence-electron chi connectivity index (χ3n) is 6.84. The van der Waals surface area contributed by atoms with Crippen molar-refractivity contribution in [3.05, 3.63) is 42.5 Å². The Balaban J connectivity index is 1.29. The third-order valence-corrected chi connectivity index (χ3v) is 6.84. The quantitative estimate of drug-likeness (QED) is 0.534. The summed E-state index contributed by atoms with van der Waals surface area (Å²) >= 11 is 0. The van der Waals surface area contributed by atoms with Gasteiger partial charge in [-0.3, -0.25) is 9.59 Å². The lowest BCUT2D eigenvalue weighted by molar-refractivity contribution is -0.118. The van der Waals surface area contributed by atoms with Crippen molar-refractivity contribution in [2.45, 2.75) is 40.5 Å². The third kappa shape index (κ3) is 3.82. The SMILES string of the molecule is CC1(C)CC1C(=O)Nc1ccc(-c2nc3ccc(NC(=O)C4CC4(C)C)cc3[nH]2)cc1. The fourth-order valence-corrected chi connectivity index (χ4v) is 4.22. The Hall–Kier alpha value is -3.15. The van der Waals surface area contributed by atoms with Gasteiger partial charge in [-0.15, -0.1) is 0 Å². The molecule has 6 nitrogen and oxygen atoms in total. The number of hydrogen-bond acceptors (Lipinski definition) is 3. The van der Waals surface area contributed by atoms with Crippen molar-refractivity contribution in [3.8, 4) is 11.4 Å². The summed E-state index contributed by atoms with van der Waals surface area (Å²) in [5.41, 5.74) is 4.44. The van der Waals surface area contributed by atoms with E-state index in [1.165, 1.54) is 0 Å². The predicted molar refractivity (Wildman–Crippen MR) is 123 cm³/mol. The van der Waals surface area contributed by atoms with E-state index in [1.54, 1.807) is 0 Å². The van der Waals surface area contributed by atoms with Gasteiger partial charge in [0.1, 0.15) is 5.82 Å². The topological polar surface area (TPSA) is 86.9 Å². The number of hydrogen-bond donors (Lipinski definition) is 3. The molecule has 2 aliphatic carbocycles. The Morgan fingerprint density at radius 2 is 1.39 bits per heavy atom. The average molecular weight is 417 g/mol. The van der Waals surface area contributed by atoms with Gasteiger partial charge >= 0.3 is 0 Å². The number of carbonyl (C=O) groups excluding carboxylic acids is 2. The van der Waals surface area contributed by atoms with Crippen LogP contribution in [-0.2, 0) is 9.59 Å². The van der Waals surface area contributed by atoms with Gasteiger partial charge in [0, 0.05) is 28.8 Å². The number of carbonyl (C=O) groups is 2.